The lowest BCUT2D eigenvalue weighted by atomic mass is 9.96. The number of rotatable bonds is 7. The van der Waals surface area contributed by atoms with Crippen LogP contribution in [0, 0.1) is 5.92 Å². The molecule has 33 heavy (non-hydrogen) atoms. The molecule has 1 fully saturated rings. The van der Waals surface area contributed by atoms with Crippen molar-refractivity contribution >= 4 is 29.1 Å². The van der Waals surface area contributed by atoms with Crippen LogP contribution in [0.2, 0.25) is 5.02 Å². The maximum Gasteiger partial charge on any atom is 0.253 e. The van der Waals surface area contributed by atoms with Gasteiger partial charge in [-0.05, 0) is 54.8 Å². The maximum atomic E-state index is 13.1. The standard InChI is InChI=1S/C27H28ClN3O2/c28-23-14-12-21(13-15-23)18-31-16-6-9-22(19-31)26(32)30-25-11-5-4-10-24(25)27(33)29-17-20-7-2-1-3-8-20/h1-5,7-8,10-15,22H,6,9,16-19H2,(H,29,33)(H,30,32). The number of nitrogens with zero attached hydrogens (tertiary/aromatic N) is 1. The molecule has 1 aliphatic rings. The van der Waals surface area contributed by atoms with Gasteiger partial charge >= 0.3 is 0 Å². The summed E-state index contributed by atoms with van der Waals surface area (Å²) in [5, 5.41) is 6.67. The van der Waals surface area contributed by atoms with E-state index in [1.165, 1.54) is 5.56 Å². The lowest BCUT2D eigenvalue weighted by Gasteiger charge is -2.32. The van der Waals surface area contributed by atoms with Crippen molar-refractivity contribution in [3.63, 3.8) is 0 Å². The van der Waals surface area contributed by atoms with Gasteiger partial charge in [-0.1, -0.05) is 66.2 Å². The quantitative estimate of drug-likeness (QED) is 0.513. The van der Waals surface area contributed by atoms with Crippen LogP contribution in [0.4, 0.5) is 5.69 Å². The molecule has 0 bridgehead atoms. The van der Waals surface area contributed by atoms with E-state index < -0.39 is 0 Å². The number of amides is 2. The second-order valence-corrected chi connectivity index (χ2v) is 8.84. The highest BCUT2D eigenvalue weighted by Gasteiger charge is 2.26. The largest absolute Gasteiger partial charge is 0.348 e. The van der Waals surface area contributed by atoms with E-state index in [1.807, 2.05) is 66.7 Å². The highest BCUT2D eigenvalue weighted by Crippen LogP contribution is 2.23. The first-order chi connectivity index (χ1) is 16.1. The molecule has 1 atom stereocenters. The molecular formula is C27H28ClN3O2. The predicted octanol–water partition coefficient (Wildman–Crippen LogP) is 5.12. The van der Waals surface area contributed by atoms with Crippen molar-refractivity contribution in [3.05, 3.63) is 101 Å². The Hall–Kier alpha value is -3.15. The molecule has 170 valence electrons. The minimum absolute atomic E-state index is 0.0425. The molecule has 0 aromatic heterocycles. The molecule has 1 saturated heterocycles. The molecule has 4 rings (SSSR count). The third-order valence-corrected chi connectivity index (χ3v) is 6.17. The first-order valence-electron chi connectivity index (χ1n) is 11.3. The van der Waals surface area contributed by atoms with Gasteiger partial charge in [0.05, 0.1) is 17.2 Å². The summed E-state index contributed by atoms with van der Waals surface area (Å²) in [6, 6.07) is 24.7. The number of benzene rings is 3. The van der Waals surface area contributed by atoms with Crippen LogP contribution < -0.4 is 10.6 Å². The smallest absolute Gasteiger partial charge is 0.253 e. The van der Waals surface area contributed by atoms with Crippen molar-refractivity contribution in [1.29, 1.82) is 0 Å². The summed E-state index contributed by atoms with van der Waals surface area (Å²) in [6.07, 6.45) is 1.80. The molecule has 2 N–H and O–H groups in total. The van der Waals surface area contributed by atoms with Crippen LogP contribution in [-0.4, -0.2) is 29.8 Å². The Morgan fingerprint density at radius 1 is 0.909 bits per heavy atom. The van der Waals surface area contributed by atoms with E-state index >= 15 is 0 Å². The Morgan fingerprint density at radius 3 is 2.42 bits per heavy atom. The fraction of sp³-hybridized carbons (Fsp3) is 0.259. The molecule has 1 heterocycles. The molecule has 0 spiro atoms. The number of hydrogen-bond acceptors (Lipinski definition) is 3. The molecule has 5 nitrogen and oxygen atoms in total. The molecule has 1 aliphatic heterocycles. The van der Waals surface area contributed by atoms with Gasteiger partial charge in [-0.3, -0.25) is 14.5 Å². The highest BCUT2D eigenvalue weighted by atomic mass is 35.5. The lowest BCUT2D eigenvalue weighted by Crippen LogP contribution is -2.40. The minimum Gasteiger partial charge on any atom is -0.348 e. The minimum atomic E-state index is -0.206. The maximum absolute atomic E-state index is 13.1. The van der Waals surface area contributed by atoms with Crippen LogP contribution >= 0.6 is 11.6 Å². The molecule has 6 heteroatoms. The van der Waals surface area contributed by atoms with E-state index in [4.69, 9.17) is 11.6 Å². The SMILES string of the molecule is O=C(NCc1ccccc1)c1ccccc1NC(=O)C1CCCN(Cc2ccc(Cl)cc2)C1. The number of carbonyl (C=O) groups excluding carboxylic acids is 2. The molecular weight excluding hydrogens is 434 g/mol. The molecule has 1 unspecified atom stereocenters. The van der Waals surface area contributed by atoms with Crippen molar-refractivity contribution in [1.82, 2.24) is 10.2 Å². The van der Waals surface area contributed by atoms with E-state index in [1.54, 1.807) is 12.1 Å². The molecule has 0 saturated carbocycles. The molecule has 2 amide bonds. The fourth-order valence-corrected chi connectivity index (χ4v) is 4.29. The summed E-state index contributed by atoms with van der Waals surface area (Å²) in [5.74, 6) is -0.367. The monoisotopic (exact) mass is 461 g/mol. The van der Waals surface area contributed by atoms with Gasteiger partial charge in [-0.15, -0.1) is 0 Å². The lowest BCUT2D eigenvalue weighted by molar-refractivity contribution is -0.121. The number of carbonyl (C=O) groups is 2. The second kappa shape index (κ2) is 11.1. The van der Waals surface area contributed by atoms with Crippen molar-refractivity contribution in [2.45, 2.75) is 25.9 Å². The zero-order valence-corrected chi connectivity index (χ0v) is 19.2. The summed E-state index contributed by atoms with van der Waals surface area (Å²) < 4.78 is 0. The summed E-state index contributed by atoms with van der Waals surface area (Å²) in [6.45, 7) is 2.88. The van der Waals surface area contributed by atoms with Crippen LogP contribution in [0.5, 0.6) is 0 Å². The first-order valence-corrected chi connectivity index (χ1v) is 11.6. The van der Waals surface area contributed by atoms with Gasteiger partial charge in [0.1, 0.15) is 0 Å². The number of halogens is 1. The van der Waals surface area contributed by atoms with Gasteiger partial charge in [0.25, 0.3) is 5.91 Å². The first kappa shape index (κ1) is 23.0. The van der Waals surface area contributed by atoms with E-state index in [0.29, 0.717) is 24.3 Å². The third-order valence-electron chi connectivity index (χ3n) is 5.92. The summed E-state index contributed by atoms with van der Waals surface area (Å²) in [4.78, 5) is 28.2. The normalized spacial score (nSPS) is 16.2. The van der Waals surface area contributed by atoms with Crippen molar-refractivity contribution < 1.29 is 9.59 Å². The van der Waals surface area contributed by atoms with Gasteiger partial charge in [-0.25, -0.2) is 0 Å². The van der Waals surface area contributed by atoms with E-state index in [2.05, 4.69) is 15.5 Å². The third kappa shape index (κ3) is 6.44. The average molecular weight is 462 g/mol. The summed E-state index contributed by atoms with van der Waals surface area (Å²) >= 11 is 5.99. The zero-order valence-electron chi connectivity index (χ0n) is 18.5. The summed E-state index contributed by atoms with van der Waals surface area (Å²) in [5.41, 5.74) is 3.22. The van der Waals surface area contributed by atoms with Gasteiger partial charge in [-0.2, -0.15) is 0 Å². The highest BCUT2D eigenvalue weighted by molar-refractivity contribution is 6.30. The van der Waals surface area contributed by atoms with Crippen LogP contribution in [0.25, 0.3) is 0 Å². The Labute approximate surface area is 199 Å². The van der Waals surface area contributed by atoms with E-state index in [9.17, 15) is 9.59 Å². The van der Waals surface area contributed by atoms with Crippen LogP contribution in [0.3, 0.4) is 0 Å². The molecule has 3 aromatic rings. The fourth-order valence-electron chi connectivity index (χ4n) is 4.16. The Bertz CT molecular complexity index is 1090. The average Bonchev–Trinajstić information content (AvgIpc) is 2.85. The van der Waals surface area contributed by atoms with Gasteiger partial charge in [0, 0.05) is 24.7 Å². The summed E-state index contributed by atoms with van der Waals surface area (Å²) in [7, 11) is 0. The second-order valence-electron chi connectivity index (χ2n) is 8.40. The van der Waals surface area contributed by atoms with E-state index in [0.717, 1.165) is 36.5 Å². The topological polar surface area (TPSA) is 61.4 Å². The van der Waals surface area contributed by atoms with Gasteiger partial charge < -0.3 is 10.6 Å². The van der Waals surface area contributed by atoms with Crippen LogP contribution in [-0.2, 0) is 17.9 Å². The molecule has 0 radical (unpaired) electrons. The Morgan fingerprint density at radius 2 is 1.64 bits per heavy atom. The van der Waals surface area contributed by atoms with Gasteiger partial charge in [0.15, 0.2) is 0 Å². The van der Waals surface area contributed by atoms with E-state index in [-0.39, 0.29) is 17.7 Å². The number of hydrogen-bond donors (Lipinski definition) is 2. The van der Waals surface area contributed by atoms with Crippen molar-refractivity contribution in [3.8, 4) is 0 Å². The van der Waals surface area contributed by atoms with Crippen molar-refractivity contribution in [2.75, 3.05) is 18.4 Å². The Kier molecular flexibility index (Phi) is 7.76. The van der Waals surface area contributed by atoms with Crippen molar-refractivity contribution in [2.24, 2.45) is 5.92 Å². The van der Waals surface area contributed by atoms with Crippen LogP contribution in [0.1, 0.15) is 34.3 Å². The molecule has 0 aliphatic carbocycles. The predicted molar refractivity (Wildman–Crippen MR) is 132 cm³/mol. The Balaban J connectivity index is 1.36. The van der Waals surface area contributed by atoms with Crippen LogP contribution in [0.15, 0.2) is 78.9 Å². The number of anilines is 1. The number of likely N-dealkylation sites (tertiary alicyclic amines) is 1. The molecule has 3 aromatic carbocycles. The number of para-hydroxylation sites is 1. The number of piperidine rings is 1. The van der Waals surface area contributed by atoms with Gasteiger partial charge in [0.2, 0.25) is 5.91 Å². The number of nitrogens with one attached hydrogen (secondary N) is 2. The zero-order chi connectivity index (χ0) is 23.0.